The zero-order valence-electron chi connectivity index (χ0n) is 11.4. The molecule has 1 aliphatic carbocycles. The normalized spacial score (nSPS) is 30.6. The second-order valence-electron chi connectivity index (χ2n) is 5.71. The summed E-state index contributed by atoms with van der Waals surface area (Å²) in [4.78, 5) is 9.33. The van der Waals surface area contributed by atoms with Gasteiger partial charge in [0.05, 0.1) is 17.3 Å². The van der Waals surface area contributed by atoms with Gasteiger partial charge in [0.1, 0.15) is 0 Å². The maximum atomic E-state index is 10.1. The number of rotatable bonds is 3. The predicted molar refractivity (Wildman–Crippen MR) is 77.2 cm³/mol. The van der Waals surface area contributed by atoms with Crippen molar-refractivity contribution in [2.45, 2.75) is 44.4 Å². The smallest absolute Gasteiger partial charge is 0.0795 e. The predicted octanol–water partition coefficient (Wildman–Crippen LogP) is 1.56. The minimum atomic E-state index is -0.0983. The molecule has 1 saturated carbocycles. The molecule has 1 saturated heterocycles. The van der Waals surface area contributed by atoms with Crippen LogP contribution in [0, 0.1) is 0 Å². The molecule has 0 spiro atoms. The van der Waals surface area contributed by atoms with Crippen LogP contribution in [-0.2, 0) is 6.54 Å². The molecular formula is C14H23N3OS. The van der Waals surface area contributed by atoms with Gasteiger partial charge in [0.25, 0.3) is 0 Å². The highest BCUT2D eigenvalue weighted by atomic mass is 32.1. The highest BCUT2D eigenvalue weighted by Gasteiger charge is 2.30. The summed E-state index contributed by atoms with van der Waals surface area (Å²) in [5.41, 5.74) is 3.10. The van der Waals surface area contributed by atoms with E-state index in [1.807, 2.05) is 5.51 Å². The molecule has 2 heterocycles. The van der Waals surface area contributed by atoms with Crippen molar-refractivity contribution in [1.29, 1.82) is 0 Å². The molecular weight excluding hydrogens is 258 g/mol. The lowest BCUT2D eigenvalue weighted by atomic mass is 9.91. The highest BCUT2D eigenvalue weighted by Crippen LogP contribution is 2.24. The minimum Gasteiger partial charge on any atom is -0.391 e. The maximum Gasteiger partial charge on any atom is 0.0795 e. The van der Waals surface area contributed by atoms with E-state index in [2.05, 4.69) is 20.2 Å². The molecule has 0 bridgehead atoms. The monoisotopic (exact) mass is 281 g/mol. The zero-order valence-corrected chi connectivity index (χ0v) is 12.2. The molecule has 0 amide bonds. The van der Waals surface area contributed by atoms with Crippen LogP contribution in [0.15, 0.2) is 10.9 Å². The van der Waals surface area contributed by atoms with Crippen LogP contribution in [-0.4, -0.2) is 58.2 Å². The summed E-state index contributed by atoms with van der Waals surface area (Å²) in [5, 5.41) is 12.3. The molecule has 4 nitrogen and oxygen atoms in total. The number of hydrogen-bond acceptors (Lipinski definition) is 5. The van der Waals surface area contributed by atoms with Gasteiger partial charge in [-0.25, -0.2) is 4.98 Å². The lowest BCUT2D eigenvalue weighted by Crippen LogP contribution is -2.54. The number of nitrogens with zero attached hydrogens (tertiary/aromatic N) is 3. The first-order valence-electron chi connectivity index (χ1n) is 7.34. The number of aliphatic hydroxyl groups excluding tert-OH is 1. The Morgan fingerprint density at radius 1 is 1.21 bits per heavy atom. The van der Waals surface area contributed by atoms with Gasteiger partial charge in [-0.15, -0.1) is 11.3 Å². The van der Waals surface area contributed by atoms with Crippen molar-refractivity contribution in [3.05, 3.63) is 16.6 Å². The second kappa shape index (κ2) is 6.31. The summed E-state index contributed by atoms with van der Waals surface area (Å²) in [6.07, 6.45) is 4.54. The molecule has 0 unspecified atom stereocenters. The van der Waals surface area contributed by atoms with Crippen LogP contribution in [0.1, 0.15) is 31.4 Å². The van der Waals surface area contributed by atoms with Gasteiger partial charge in [0.2, 0.25) is 0 Å². The average molecular weight is 281 g/mol. The van der Waals surface area contributed by atoms with Gasteiger partial charge in [-0.2, -0.15) is 0 Å². The van der Waals surface area contributed by atoms with Crippen LogP contribution in [0.4, 0.5) is 0 Å². The fourth-order valence-electron chi connectivity index (χ4n) is 3.32. The average Bonchev–Trinajstić information content (AvgIpc) is 2.93. The van der Waals surface area contributed by atoms with E-state index >= 15 is 0 Å². The van der Waals surface area contributed by atoms with Crippen LogP contribution in [0.25, 0.3) is 0 Å². The van der Waals surface area contributed by atoms with Gasteiger partial charge in [-0.05, 0) is 12.8 Å². The Labute approximate surface area is 119 Å². The third-order valence-corrected chi connectivity index (χ3v) is 5.07. The highest BCUT2D eigenvalue weighted by molar-refractivity contribution is 7.07. The fraction of sp³-hybridized carbons (Fsp3) is 0.786. The van der Waals surface area contributed by atoms with Crippen LogP contribution < -0.4 is 0 Å². The molecule has 1 aromatic heterocycles. The van der Waals surface area contributed by atoms with Gasteiger partial charge in [-0.3, -0.25) is 9.80 Å². The molecule has 0 aromatic carbocycles. The van der Waals surface area contributed by atoms with Crippen molar-refractivity contribution < 1.29 is 5.11 Å². The van der Waals surface area contributed by atoms with Crippen molar-refractivity contribution in [1.82, 2.24) is 14.8 Å². The Kier molecular flexibility index (Phi) is 4.48. The van der Waals surface area contributed by atoms with Crippen LogP contribution >= 0.6 is 11.3 Å². The van der Waals surface area contributed by atoms with E-state index in [1.165, 1.54) is 25.0 Å². The molecule has 1 aliphatic heterocycles. The molecule has 1 N–H and O–H groups in total. The summed E-state index contributed by atoms with van der Waals surface area (Å²) in [5.74, 6) is 0. The first-order valence-corrected chi connectivity index (χ1v) is 8.29. The van der Waals surface area contributed by atoms with E-state index in [0.29, 0.717) is 6.04 Å². The van der Waals surface area contributed by atoms with E-state index in [0.717, 1.165) is 39.1 Å². The standard InChI is InChI=1S/C14H23N3OS/c18-14-4-2-1-3-13(14)17-7-5-16(6-8-17)9-12-10-19-11-15-12/h10-11,13-14,18H,1-9H2/t13-,14+/m1/s1. The van der Waals surface area contributed by atoms with Crippen LogP contribution in [0.2, 0.25) is 0 Å². The van der Waals surface area contributed by atoms with Gasteiger partial charge in [0, 0.05) is 44.1 Å². The lowest BCUT2D eigenvalue weighted by molar-refractivity contribution is -0.00486. The Balaban J connectivity index is 1.49. The first-order chi connectivity index (χ1) is 9.33. The number of thiazole rings is 1. The van der Waals surface area contributed by atoms with Crippen molar-refractivity contribution in [3.8, 4) is 0 Å². The molecule has 1 aromatic rings. The molecule has 2 aliphatic rings. The molecule has 0 radical (unpaired) electrons. The van der Waals surface area contributed by atoms with Gasteiger partial charge < -0.3 is 5.11 Å². The van der Waals surface area contributed by atoms with Crippen molar-refractivity contribution in [3.63, 3.8) is 0 Å². The molecule has 106 valence electrons. The summed E-state index contributed by atoms with van der Waals surface area (Å²) in [6.45, 7) is 5.35. The SMILES string of the molecule is O[C@H]1CCCC[C@H]1N1CCN(Cc2cscn2)CC1. The molecule has 5 heteroatoms. The van der Waals surface area contributed by atoms with E-state index in [1.54, 1.807) is 11.3 Å². The first kappa shape index (κ1) is 13.5. The van der Waals surface area contributed by atoms with E-state index in [9.17, 15) is 5.11 Å². The Bertz CT molecular complexity index is 376. The number of aliphatic hydroxyl groups is 1. The van der Waals surface area contributed by atoms with Crippen LogP contribution in [0.5, 0.6) is 0 Å². The number of aromatic nitrogens is 1. The number of piperazine rings is 1. The topological polar surface area (TPSA) is 39.6 Å². The van der Waals surface area contributed by atoms with E-state index < -0.39 is 0 Å². The summed E-state index contributed by atoms with van der Waals surface area (Å²) in [7, 11) is 0. The van der Waals surface area contributed by atoms with E-state index in [4.69, 9.17) is 0 Å². The Morgan fingerprint density at radius 2 is 2.00 bits per heavy atom. The minimum absolute atomic E-state index is 0.0983. The number of hydrogen-bond donors (Lipinski definition) is 1. The molecule has 2 atom stereocenters. The summed E-state index contributed by atoms with van der Waals surface area (Å²) >= 11 is 1.67. The maximum absolute atomic E-state index is 10.1. The third kappa shape index (κ3) is 3.34. The van der Waals surface area contributed by atoms with Crippen molar-refractivity contribution in [2.75, 3.05) is 26.2 Å². The Hall–Kier alpha value is -0.490. The van der Waals surface area contributed by atoms with Crippen LogP contribution in [0.3, 0.4) is 0 Å². The molecule has 3 rings (SSSR count). The zero-order chi connectivity index (χ0) is 13.1. The second-order valence-corrected chi connectivity index (χ2v) is 6.43. The van der Waals surface area contributed by atoms with Gasteiger partial charge >= 0.3 is 0 Å². The largest absolute Gasteiger partial charge is 0.391 e. The molecule has 2 fully saturated rings. The lowest BCUT2D eigenvalue weighted by Gasteiger charge is -2.42. The third-order valence-electron chi connectivity index (χ3n) is 4.44. The summed E-state index contributed by atoms with van der Waals surface area (Å²) in [6, 6.07) is 0.412. The molecule has 19 heavy (non-hydrogen) atoms. The quantitative estimate of drug-likeness (QED) is 0.913. The Morgan fingerprint density at radius 3 is 2.68 bits per heavy atom. The summed E-state index contributed by atoms with van der Waals surface area (Å²) < 4.78 is 0. The van der Waals surface area contributed by atoms with Gasteiger partial charge in [-0.1, -0.05) is 12.8 Å². The van der Waals surface area contributed by atoms with Gasteiger partial charge in [0.15, 0.2) is 0 Å². The van der Waals surface area contributed by atoms with Crippen molar-refractivity contribution in [2.24, 2.45) is 0 Å². The van der Waals surface area contributed by atoms with Crippen molar-refractivity contribution >= 4 is 11.3 Å². The van der Waals surface area contributed by atoms with E-state index in [-0.39, 0.29) is 6.10 Å². The fourth-order valence-corrected chi connectivity index (χ4v) is 3.87.